The summed E-state index contributed by atoms with van der Waals surface area (Å²) in [5.74, 6) is 2.90. The van der Waals surface area contributed by atoms with E-state index in [0.717, 1.165) is 51.3 Å². The van der Waals surface area contributed by atoms with Gasteiger partial charge in [0.25, 0.3) is 0 Å². The zero-order valence-corrected chi connectivity index (χ0v) is 22.4. The second-order valence-corrected chi connectivity index (χ2v) is 9.84. The van der Waals surface area contributed by atoms with E-state index < -0.39 is 0 Å². The maximum Gasteiger partial charge on any atom is 0.179 e. The Bertz CT molecular complexity index is 1770. The molecular formula is C32H27N7O. The number of aromatic nitrogens is 3. The number of aryl methyl sites for hydroxylation is 2. The number of pyridine rings is 1. The number of fused-ring (bicyclic) bond motifs is 4. The van der Waals surface area contributed by atoms with Crippen LogP contribution in [-0.4, -0.2) is 33.5 Å². The quantitative estimate of drug-likeness (QED) is 0.283. The van der Waals surface area contributed by atoms with E-state index in [1.807, 2.05) is 72.4 Å². The first-order valence-electron chi connectivity index (χ1n) is 13.2. The molecule has 0 unspecified atom stereocenters. The summed E-state index contributed by atoms with van der Waals surface area (Å²) in [6.07, 6.45) is 1.83. The van der Waals surface area contributed by atoms with Gasteiger partial charge in [-0.25, -0.2) is 14.7 Å². The number of para-hydroxylation sites is 2. The fourth-order valence-electron chi connectivity index (χ4n) is 5.29. The molecule has 196 valence electrons. The predicted molar refractivity (Wildman–Crippen MR) is 159 cm³/mol. The molecule has 2 aromatic heterocycles. The standard InChI is InChI=1S/C32H27N7O/c1-20-11-15-23(16-12-20)39-31-28(21(2)37-39)29(26-9-6-7-19-33-26)38-27-10-5-4-8-25(27)35-30(32(38)36-31)34-22-13-17-24(40-3)18-14-22/h4-19,29H,1-3H3,(H,34,35)/t29-/m1/s1. The molecule has 0 aliphatic carbocycles. The van der Waals surface area contributed by atoms with Crippen molar-refractivity contribution < 1.29 is 4.74 Å². The Morgan fingerprint density at radius 1 is 0.825 bits per heavy atom. The summed E-state index contributed by atoms with van der Waals surface area (Å²) in [7, 11) is 1.66. The van der Waals surface area contributed by atoms with Gasteiger partial charge in [0.2, 0.25) is 0 Å². The van der Waals surface area contributed by atoms with Crippen LogP contribution < -0.4 is 15.0 Å². The van der Waals surface area contributed by atoms with Crippen LogP contribution in [0.4, 0.5) is 22.9 Å². The van der Waals surface area contributed by atoms with Gasteiger partial charge in [-0.05, 0) is 74.5 Å². The minimum atomic E-state index is -0.257. The third-order valence-electron chi connectivity index (χ3n) is 7.24. The average Bonchev–Trinajstić information content (AvgIpc) is 3.33. The van der Waals surface area contributed by atoms with E-state index in [1.165, 1.54) is 5.56 Å². The van der Waals surface area contributed by atoms with Gasteiger partial charge in [-0.1, -0.05) is 35.9 Å². The molecule has 0 saturated carbocycles. The van der Waals surface area contributed by atoms with Crippen LogP contribution in [0.15, 0.2) is 107 Å². The van der Waals surface area contributed by atoms with E-state index in [4.69, 9.17) is 24.8 Å². The van der Waals surface area contributed by atoms with E-state index in [9.17, 15) is 0 Å². The van der Waals surface area contributed by atoms with E-state index in [1.54, 1.807) is 7.11 Å². The number of nitrogens with zero attached hydrogens (tertiary/aromatic N) is 6. The van der Waals surface area contributed by atoms with Gasteiger partial charge < -0.3 is 15.0 Å². The Kier molecular flexibility index (Phi) is 5.66. The number of aliphatic imine (C=N–C) groups is 2. The predicted octanol–water partition coefficient (Wildman–Crippen LogP) is 6.69. The summed E-state index contributed by atoms with van der Waals surface area (Å²) in [4.78, 5) is 17.4. The summed E-state index contributed by atoms with van der Waals surface area (Å²) >= 11 is 0. The highest BCUT2D eigenvalue weighted by molar-refractivity contribution is 6.51. The zero-order valence-electron chi connectivity index (χ0n) is 22.4. The molecule has 2 aliphatic heterocycles. The van der Waals surface area contributed by atoms with Gasteiger partial charge in [-0.3, -0.25) is 4.98 Å². The fourth-order valence-corrected chi connectivity index (χ4v) is 5.29. The van der Waals surface area contributed by atoms with Crippen molar-refractivity contribution in [2.45, 2.75) is 19.9 Å². The van der Waals surface area contributed by atoms with Gasteiger partial charge in [0, 0.05) is 17.4 Å². The maximum atomic E-state index is 5.35. The number of benzene rings is 3. The van der Waals surface area contributed by atoms with Gasteiger partial charge in [0.1, 0.15) is 11.8 Å². The molecule has 0 radical (unpaired) electrons. The second kappa shape index (κ2) is 9.50. The molecule has 7 rings (SSSR count). The van der Waals surface area contributed by atoms with Crippen molar-refractivity contribution >= 4 is 34.6 Å². The molecule has 8 heteroatoms. The highest BCUT2D eigenvalue weighted by Crippen LogP contribution is 2.47. The Morgan fingerprint density at radius 2 is 1.60 bits per heavy atom. The lowest BCUT2D eigenvalue weighted by Crippen LogP contribution is -2.46. The number of anilines is 2. The largest absolute Gasteiger partial charge is 0.497 e. The van der Waals surface area contributed by atoms with Crippen LogP contribution in [0.25, 0.3) is 5.69 Å². The topological polar surface area (TPSA) is 79.9 Å². The van der Waals surface area contributed by atoms with E-state index in [-0.39, 0.29) is 6.04 Å². The number of rotatable bonds is 4. The van der Waals surface area contributed by atoms with Crippen molar-refractivity contribution in [1.29, 1.82) is 0 Å². The highest BCUT2D eigenvalue weighted by atomic mass is 16.5. The van der Waals surface area contributed by atoms with Crippen molar-refractivity contribution in [3.63, 3.8) is 0 Å². The third-order valence-corrected chi connectivity index (χ3v) is 7.24. The fraction of sp³-hybridized carbons (Fsp3) is 0.125. The van der Waals surface area contributed by atoms with Crippen LogP contribution in [-0.2, 0) is 0 Å². The van der Waals surface area contributed by atoms with Crippen LogP contribution in [0, 0.1) is 13.8 Å². The van der Waals surface area contributed by atoms with Crippen molar-refractivity contribution in [2.75, 3.05) is 17.3 Å². The molecule has 0 bridgehead atoms. The number of hydrogen-bond donors (Lipinski definition) is 1. The smallest absolute Gasteiger partial charge is 0.179 e. The molecule has 0 saturated heterocycles. The zero-order chi connectivity index (χ0) is 27.2. The van der Waals surface area contributed by atoms with Crippen LogP contribution >= 0.6 is 0 Å². The van der Waals surface area contributed by atoms with Gasteiger partial charge in [0.05, 0.1) is 35.6 Å². The molecule has 4 heterocycles. The lowest BCUT2D eigenvalue weighted by Gasteiger charge is -2.40. The molecule has 8 nitrogen and oxygen atoms in total. The molecule has 0 amide bonds. The summed E-state index contributed by atoms with van der Waals surface area (Å²) < 4.78 is 7.28. The Balaban J connectivity index is 1.47. The van der Waals surface area contributed by atoms with E-state index >= 15 is 0 Å². The molecule has 0 spiro atoms. The van der Waals surface area contributed by atoms with Gasteiger partial charge in [0.15, 0.2) is 17.5 Å². The second-order valence-electron chi connectivity index (χ2n) is 9.84. The molecule has 5 aromatic rings. The first-order chi connectivity index (χ1) is 19.6. The molecule has 0 fully saturated rings. The number of amidine groups is 2. The minimum absolute atomic E-state index is 0.257. The monoisotopic (exact) mass is 525 g/mol. The Hall–Kier alpha value is -5.24. The van der Waals surface area contributed by atoms with E-state index in [2.05, 4.69) is 53.5 Å². The average molecular weight is 526 g/mol. The van der Waals surface area contributed by atoms with Gasteiger partial charge in [-0.15, -0.1) is 0 Å². The number of hydrogen-bond acceptors (Lipinski definition) is 7. The number of ether oxygens (including phenoxy) is 1. The highest BCUT2D eigenvalue weighted by Gasteiger charge is 2.42. The number of nitrogens with one attached hydrogen (secondary N) is 1. The summed E-state index contributed by atoms with van der Waals surface area (Å²) in [5.41, 5.74) is 7.66. The molecule has 2 aliphatic rings. The third kappa shape index (κ3) is 3.92. The Morgan fingerprint density at radius 3 is 2.35 bits per heavy atom. The lowest BCUT2D eigenvalue weighted by molar-refractivity contribution is 0.415. The van der Waals surface area contributed by atoms with Crippen LogP contribution in [0.1, 0.15) is 28.6 Å². The molecule has 40 heavy (non-hydrogen) atoms. The van der Waals surface area contributed by atoms with Crippen LogP contribution in [0.2, 0.25) is 0 Å². The lowest BCUT2D eigenvalue weighted by atomic mass is 9.96. The van der Waals surface area contributed by atoms with Crippen molar-refractivity contribution in [1.82, 2.24) is 14.8 Å². The SMILES string of the molecule is COc1ccc(NC2=Nc3ccccc3N3C2=Nc2c(c(C)nn2-c2ccc(C)cc2)[C@H]3c2ccccn2)cc1. The van der Waals surface area contributed by atoms with Crippen LogP contribution in [0.5, 0.6) is 5.75 Å². The summed E-state index contributed by atoms with van der Waals surface area (Å²) in [6, 6.07) is 30.0. The minimum Gasteiger partial charge on any atom is -0.497 e. The van der Waals surface area contributed by atoms with E-state index in [0.29, 0.717) is 11.7 Å². The van der Waals surface area contributed by atoms with Crippen LogP contribution in [0.3, 0.4) is 0 Å². The van der Waals surface area contributed by atoms with Crippen molar-refractivity contribution in [3.05, 3.63) is 120 Å². The molecule has 1 atom stereocenters. The first-order valence-corrected chi connectivity index (χ1v) is 13.2. The summed E-state index contributed by atoms with van der Waals surface area (Å²) in [5, 5.41) is 8.51. The molecule has 3 aromatic carbocycles. The van der Waals surface area contributed by atoms with Gasteiger partial charge >= 0.3 is 0 Å². The first kappa shape index (κ1) is 23.8. The maximum absolute atomic E-state index is 5.35. The number of methoxy groups -OCH3 is 1. The summed E-state index contributed by atoms with van der Waals surface area (Å²) in [6.45, 7) is 4.12. The van der Waals surface area contributed by atoms with Crippen molar-refractivity contribution in [3.8, 4) is 11.4 Å². The van der Waals surface area contributed by atoms with Gasteiger partial charge in [-0.2, -0.15) is 5.10 Å². The molecular weight excluding hydrogens is 498 g/mol. The Labute approximate surface area is 232 Å². The normalized spacial score (nSPS) is 15.4. The van der Waals surface area contributed by atoms with Crippen molar-refractivity contribution in [2.24, 2.45) is 9.98 Å². The molecule has 1 N–H and O–H groups in total.